The quantitative estimate of drug-likeness (QED) is 0.874. The molecule has 1 N–H and O–H groups in total. The molecule has 1 aliphatic rings. The van der Waals surface area contributed by atoms with Gasteiger partial charge >= 0.3 is 0 Å². The molecular formula is C19H22FN3O2S. The molecule has 2 amide bonds. The molecule has 0 aliphatic carbocycles. The van der Waals surface area contributed by atoms with Crippen molar-refractivity contribution in [2.75, 3.05) is 19.6 Å². The lowest BCUT2D eigenvalue weighted by molar-refractivity contribution is -0.126. The fraction of sp³-hybridized carbons (Fsp3) is 0.421. The maximum Gasteiger partial charge on any atom is 0.256 e. The third kappa shape index (κ3) is 4.46. The average molecular weight is 375 g/mol. The minimum atomic E-state index is -0.505. The molecule has 0 bridgehead atoms. The topological polar surface area (TPSA) is 62.3 Å². The summed E-state index contributed by atoms with van der Waals surface area (Å²) in [7, 11) is 0. The van der Waals surface area contributed by atoms with Gasteiger partial charge in [0.15, 0.2) is 0 Å². The number of piperidine rings is 1. The van der Waals surface area contributed by atoms with Gasteiger partial charge in [-0.15, -0.1) is 11.3 Å². The second-order valence-electron chi connectivity index (χ2n) is 6.45. The summed E-state index contributed by atoms with van der Waals surface area (Å²) in [5.74, 6) is -0.887. The molecule has 1 saturated heterocycles. The van der Waals surface area contributed by atoms with Gasteiger partial charge in [0.05, 0.1) is 16.3 Å². The highest BCUT2D eigenvalue weighted by Gasteiger charge is 2.28. The van der Waals surface area contributed by atoms with Gasteiger partial charge in [0.2, 0.25) is 5.91 Å². The van der Waals surface area contributed by atoms with Gasteiger partial charge in [0, 0.05) is 37.4 Å². The molecule has 1 aromatic carbocycles. The van der Waals surface area contributed by atoms with Crippen molar-refractivity contribution in [3.05, 3.63) is 51.7 Å². The van der Waals surface area contributed by atoms with Gasteiger partial charge in [0.1, 0.15) is 5.82 Å². The summed E-state index contributed by atoms with van der Waals surface area (Å²) >= 11 is 1.61. The zero-order valence-corrected chi connectivity index (χ0v) is 15.5. The van der Waals surface area contributed by atoms with Crippen LogP contribution < -0.4 is 5.32 Å². The SMILES string of the molecule is Cc1nc(CCNC(=O)C2CCN(C(=O)c3ccccc3F)CC2)cs1. The van der Waals surface area contributed by atoms with Crippen molar-refractivity contribution in [1.29, 1.82) is 0 Å². The lowest BCUT2D eigenvalue weighted by Gasteiger charge is -2.31. The van der Waals surface area contributed by atoms with E-state index in [2.05, 4.69) is 10.3 Å². The van der Waals surface area contributed by atoms with Gasteiger partial charge in [-0.2, -0.15) is 0 Å². The molecule has 1 aliphatic heterocycles. The van der Waals surface area contributed by atoms with Crippen LogP contribution in [0.5, 0.6) is 0 Å². The smallest absolute Gasteiger partial charge is 0.256 e. The molecular weight excluding hydrogens is 353 g/mol. The second kappa shape index (κ2) is 8.40. The first-order chi connectivity index (χ1) is 12.5. The molecule has 1 fully saturated rings. The second-order valence-corrected chi connectivity index (χ2v) is 7.51. The van der Waals surface area contributed by atoms with E-state index in [1.807, 2.05) is 12.3 Å². The van der Waals surface area contributed by atoms with Gasteiger partial charge < -0.3 is 10.2 Å². The highest BCUT2D eigenvalue weighted by Crippen LogP contribution is 2.20. The highest BCUT2D eigenvalue weighted by atomic mass is 32.1. The number of nitrogens with zero attached hydrogens (tertiary/aromatic N) is 2. The first-order valence-electron chi connectivity index (χ1n) is 8.77. The van der Waals surface area contributed by atoms with Gasteiger partial charge in [0.25, 0.3) is 5.91 Å². The van der Waals surface area contributed by atoms with Crippen LogP contribution in [0.3, 0.4) is 0 Å². The molecule has 3 rings (SSSR count). The van der Waals surface area contributed by atoms with E-state index in [0.717, 1.165) is 17.1 Å². The molecule has 0 spiro atoms. The zero-order chi connectivity index (χ0) is 18.5. The molecule has 2 aromatic rings. The largest absolute Gasteiger partial charge is 0.355 e. The van der Waals surface area contributed by atoms with Crippen molar-refractivity contribution in [3.8, 4) is 0 Å². The van der Waals surface area contributed by atoms with Crippen LogP contribution in [-0.4, -0.2) is 41.3 Å². The summed E-state index contributed by atoms with van der Waals surface area (Å²) in [4.78, 5) is 30.7. The van der Waals surface area contributed by atoms with Gasteiger partial charge in [-0.1, -0.05) is 12.1 Å². The summed E-state index contributed by atoms with van der Waals surface area (Å²) in [6.07, 6.45) is 1.92. The van der Waals surface area contributed by atoms with Gasteiger partial charge in [-0.05, 0) is 31.9 Å². The number of aromatic nitrogens is 1. The minimum absolute atomic E-state index is 0.0231. The lowest BCUT2D eigenvalue weighted by atomic mass is 9.95. The molecule has 26 heavy (non-hydrogen) atoms. The minimum Gasteiger partial charge on any atom is -0.355 e. The molecule has 0 radical (unpaired) electrons. The summed E-state index contributed by atoms with van der Waals surface area (Å²) in [6, 6.07) is 6.00. The van der Waals surface area contributed by atoms with Crippen molar-refractivity contribution >= 4 is 23.2 Å². The number of halogens is 1. The van der Waals surface area contributed by atoms with Crippen molar-refractivity contribution in [2.45, 2.75) is 26.2 Å². The van der Waals surface area contributed by atoms with E-state index < -0.39 is 5.82 Å². The van der Waals surface area contributed by atoms with Crippen LogP contribution in [0.1, 0.15) is 33.9 Å². The maximum absolute atomic E-state index is 13.8. The van der Waals surface area contributed by atoms with Crippen molar-refractivity contribution in [2.24, 2.45) is 5.92 Å². The van der Waals surface area contributed by atoms with Crippen molar-refractivity contribution < 1.29 is 14.0 Å². The van der Waals surface area contributed by atoms with E-state index in [4.69, 9.17) is 0 Å². The number of aryl methyl sites for hydroxylation is 1. The maximum atomic E-state index is 13.8. The Kier molecular flexibility index (Phi) is 5.98. The van der Waals surface area contributed by atoms with Crippen LogP contribution in [0.15, 0.2) is 29.6 Å². The number of thiazole rings is 1. The van der Waals surface area contributed by atoms with Gasteiger partial charge in [-0.3, -0.25) is 9.59 Å². The normalized spacial score (nSPS) is 15.1. The summed E-state index contributed by atoms with van der Waals surface area (Å²) in [5, 5.41) is 5.99. The first kappa shape index (κ1) is 18.5. The first-order valence-corrected chi connectivity index (χ1v) is 9.65. The van der Waals surface area contributed by atoms with Crippen LogP contribution in [0, 0.1) is 18.7 Å². The van der Waals surface area contributed by atoms with Crippen LogP contribution in [-0.2, 0) is 11.2 Å². The van der Waals surface area contributed by atoms with Crippen LogP contribution in [0.2, 0.25) is 0 Å². The Hall–Kier alpha value is -2.28. The predicted molar refractivity (Wildman–Crippen MR) is 98.6 cm³/mol. The number of likely N-dealkylation sites (tertiary alicyclic amines) is 1. The predicted octanol–water partition coefficient (Wildman–Crippen LogP) is 2.80. The van der Waals surface area contributed by atoms with Gasteiger partial charge in [-0.25, -0.2) is 9.37 Å². The van der Waals surface area contributed by atoms with Crippen LogP contribution in [0.25, 0.3) is 0 Å². The molecule has 7 heteroatoms. The molecule has 0 unspecified atom stereocenters. The number of hydrogen-bond donors (Lipinski definition) is 1. The Morgan fingerprint density at radius 1 is 1.31 bits per heavy atom. The van der Waals surface area contributed by atoms with Crippen molar-refractivity contribution in [1.82, 2.24) is 15.2 Å². The van der Waals surface area contributed by atoms with E-state index in [0.29, 0.717) is 32.5 Å². The molecule has 1 aromatic heterocycles. The Bertz CT molecular complexity index is 785. The molecule has 138 valence electrons. The number of nitrogens with one attached hydrogen (secondary N) is 1. The molecule has 5 nitrogen and oxygen atoms in total. The Labute approximate surface area is 156 Å². The monoisotopic (exact) mass is 375 g/mol. The standard InChI is InChI=1S/C19H22FN3O2S/c1-13-22-15(12-26-13)6-9-21-18(24)14-7-10-23(11-8-14)19(25)16-4-2-3-5-17(16)20/h2-5,12,14H,6-11H2,1H3,(H,21,24). The highest BCUT2D eigenvalue weighted by molar-refractivity contribution is 7.09. The Morgan fingerprint density at radius 2 is 2.04 bits per heavy atom. The fourth-order valence-corrected chi connectivity index (χ4v) is 3.78. The lowest BCUT2D eigenvalue weighted by Crippen LogP contribution is -2.43. The Morgan fingerprint density at radius 3 is 2.69 bits per heavy atom. The van der Waals surface area contributed by atoms with E-state index >= 15 is 0 Å². The third-order valence-corrected chi connectivity index (χ3v) is 5.43. The molecule has 0 atom stereocenters. The number of hydrogen-bond acceptors (Lipinski definition) is 4. The van der Waals surface area contributed by atoms with Crippen LogP contribution >= 0.6 is 11.3 Å². The summed E-state index contributed by atoms with van der Waals surface area (Å²) in [5.41, 5.74) is 1.09. The van der Waals surface area contributed by atoms with Crippen molar-refractivity contribution in [3.63, 3.8) is 0 Å². The third-order valence-electron chi connectivity index (χ3n) is 4.60. The number of rotatable bonds is 5. The van der Waals surface area contributed by atoms with Crippen LogP contribution in [0.4, 0.5) is 4.39 Å². The molecule has 0 saturated carbocycles. The zero-order valence-electron chi connectivity index (χ0n) is 14.7. The number of carbonyl (C=O) groups excluding carboxylic acids is 2. The number of amides is 2. The Balaban J connectivity index is 1.45. The number of carbonyl (C=O) groups is 2. The molecule has 2 heterocycles. The van der Waals surface area contributed by atoms with E-state index in [9.17, 15) is 14.0 Å². The number of benzene rings is 1. The average Bonchev–Trinajstić information content (AvgIpc) is 3.07. The summed E-state index contributed by atoms with van der Waals surface area (Å²) < 4.78 is 13.8. The van der Waals surface area contributed by atoms with E-state index in [1.165, 1.54) is 12.1 Å². The summed E-state index contributed by atoms with van der Waals surface area (Å²) in [6.45, 7) is 3.46. The fourth-order valence-electron chi connectivity index (χ4n) is 3.13. The van der Waals surface area contributed by atoms with E-state index in [1.54, 1.807) is 28.4 Å². The van der Waals surface area contributed by atoms with E-state index in [-0.39, 0.29) is 23.3 Å².